The topological polar surface area (TPSA) is 75.1 Å². The average Bonchev–Trinajstić information content (AvgIpc) is 2.26. The van der Waals surface area contributed by atoms with Crippen LogP contribution in [0, 0.1) is 0 Å². The van der Waals surface area contributed by atoms with Crippen molar-refractivity contribution in [3.63, 3.8) is 0 Å². The van der Waals surface area contributed by atoms with Crippen LogP contribution in [0.1, 0.15) is 43.6 Å². The molecule has 0 spiro atoms. The summed E-state index contributed by atoms with van der Waals surface area (Å²) in [5, 5.41) is 11.9. The minimum atomic E-state index is -1.04. The summed E-state index contributed by atoms with van der Waals surface area (Å²) in [5.74, 6) is -0.657. The number of aromatic nitrogens is 2. The molecule has 1 unspecified atom stereocenters. The minimum absolute atomic E-state index is 0.0141. The van der Waals surface area contributed by atoms with Gasteiger partial charge in [-0.1, -0.05) is 19.8 Å². The van der Waals surface area contributed by atoms with Gasteiger partial charge in [0.25, 0.3) is 0 Å². The SMILES string of the molecule is CCCCC(C)Nc1nccc(C(=O)O)n1. The number of hydrogen-bond acceptors (Lipinski definition) is 4. The van der Waals surface area contributed by atoms with Gasteiger partial charge in [0.1, 0.15) is 0 Å². The Morgan fingerprint density at radius 3 is 3.00 bits per heavy atom. The summed E-state index contributed by atoms with van der Waals surface area (Å²) in [6.07, 6.45) is 4.75. The highest BCUT2D eigenvalue weighted by Crippen LogP contribution is 2.07. The van der Waals surface area contributed by atoms with Crippen LogP contribution in [-0.2, 0) is 0 Å². The summed E-state index contributed by atoms with van der Waals surface area (Å²) in [6.45, 7) is 4.17. The standard InChI is InChI=1S/C11H17N3O2/c1-3-4-5-8(2)13-11-12-7-6-9(14-11)10(15)16/h6-8H,3-5H2,1-2H3,(H,15,16)(H,12,13,14). The Kier molecular flexibility index (Phi) is 4.69. The van der Waals surface area contributed by atoms with E-state index in [4.69, 9.17) is 5.11 Å². The van der Waals surface area contributed by atoms with Gasteiger partial charge in [-0.15, -0.1) is 0 Å². The zero-order valence-corrected chi connectivity index (χ0v) is 9.60. The number of aromatic carboxylic acids is 1. The summed E-state index contributed by atoms with van der Waals surface area (Å²) in [4.78, 5) is 18.6. The Morgan fingerprint density at radius 1 is 1.62 bits per heavy atom. The fraction of sp³-hybridized carbons (Fsp3) is 0.545. The van der Waals surface area contributed by atoms with Crippen LogP contribution in [0.5, 0.6) is 0 Å². The smallest absolute Gasteiger partial charge is 0.354 e. The van der Waals surface area contributed by atoms with Gasteiger partial charge in [0.15, 0.2) is 5.69 Å². The molecule has 0 bridgehead atoms. The van der Waals surface area contributed by atoms with Crippen molar-refractivity contribution in [2.45, 2.75) is 39.2 Å². The fourth-order valence-electron chi connectivity index (χ4n) is 1.35. The molecule has 0 aromatic carbocycles. The molecule has 0 aliphatic carbocycles. The quantitative estimate of drug-likeness (QED) is 0.773. The van der Waals surface area contributed by atoms with Crippen LogP contribution in [0.2, 0.25) is 0 Å². The van der Waals surface area contributed by atoms with Crippen LogP contribution in [0.4, 0.5) is 5.95 Å². The van der Waals surface area contributed by atoms with Crippen LogP contribution in [0.3, 0.4) is 0 Å². The van der Waals surface area contributed by atoms with Gasteiger partial charge in [-0.2, -0.15) is 0 Å². The predicted octanol–water partition coefficient (Wildman–Crippen LogP) is 2.17. The van der Waals surface area contributed by atoms with E-state index in [1.807, 2.05) is 6.92 Å². The zero-order chi connectivity index (χ0) is 12.0. The van der Waals surface area contributed by atoms with Crippen molar-refractivity contribution in [2.24, 2.45) is 0 Å². The van der Waals surface area contributed by atoms with E-state index in [1.54, 1.807) is 0 Å². The first-order valence-electron chi connectivity index (χ1n) is 5.46. The van der Waals surface area contributed by atoms with Gasteiger partial charge in [0, 0.05) is 12.2 Å². The number of carboxylic acids is 1. The molecule has 0 saturated carbocycles. The Labute approximate surface area is 94.9 Å². The van der Waals surface area contributed by atoms with E-state index in [2.05, 4.69) is 22.2 Å². The van der Waals surface area contributed by atoms with E-state index >= 15 is 0 Å². The summed E-state index contributed by atoms with van der Waals surface area (Å²) in [6, 6.07) is 1.63. The molecule has 0 fully saturated rings. The molecule has 1 rings (SSSR count). The molecule has 1 aromatic rings. The molecule has 1 heterocycles. The monoisotopic (exact) mass is 223 g/mol. The fourth-order valence-corrected chi connectivity index (χ4v) is 1.35. The number of anilines is 1. The highest BCUT2D eigenvalue weighted by molar-refractivity contribution is 5.85. The van der Waals surface area contributed by atoms with Crippen LogP contribution in [-0.4, -0.2) is 27.1 Å². The molecular weight excluding hydrogens is 206 g/mol. The Hall–Kier alpha value is -1.65. The van der Waals surface area contributed by atoms with E-state index in [0.717, 1.165) is 19.3 Å². The number of rotatable bonds is 6. The van der Waals surface area contributed by atoms with E-state index in [0.29, 0.717) is 5.95 Å². The number of carboxylic acid groups (broad SMARTS) is 1. The molecule has 2 N–H and O–H groups in total. The van der Waals surface area contributed by atoms with Crippen LogP contribution < -0.4 is 5.32 Å². The zero-order valence-electron chi connectivity index (χ0n) is 9.60. The highest BCUT2D eigenvalue weighted by atomic mass is 16.4. The molecule has 0 radical (unpaired) electrons. The van der Waals surface area contributed by atoms with Crippen LogP contribution >= 0.6 is 0 Å². The molecule has 0 aliphatic heterocycles. The summed E-state index contributed by atoms with van der Waals surface area (Å²) < 4.78 is 0. The maximum absolute atomic E-state index is 10.7. The molecule has 0 aliphatic rings. The third kappa shape index (κ3) is 3.84. The molecule has 88 valence electrons. The summed E-state index contributed by atoms with van der Waals surface area (Å²) >= 11 is 0. The Morgan fingerprint density at radius 2 is 2.38 bits per heavy atom. The lowest BCUT2D eigenvalue weighted by atomic mass is 10.1. The second-order valence-corrected chi connectivity index (χ2v) is 3.76. The molecule has 5 nitrogen and oxygen atoms in total. The van der Waals surface area contributed by atoms with Gasteiger partial charge in [-0.25, -0.2) is 14.8 Å². The molecule has 0 amide bonds. The Bertz CT molecular complexity index is 355. The maximum Gasteiger partial charge on any atom is 0.354 e. The first-order chi connectivity index (χ1) is 7.63. The second kappa shape index (κ2) is 6.05. The third-order valence-corrected chi connectivity index (χ3v) is 2.24. The van der Waals surface area contributed by atoms with E-state index < -0.39 is 5.97 Å². The lowest BCUT2D eigenvalue weighted by Crippen LogP contribution is -2.17. The summed E-state index contributed by atoms with van der Waals surface area (Å²) in [7, 11) is 0. The van der Waals surface area contributed by atoms with Crippen molar-refractivity contribution in [3.05, 3.63) is 18.0 Å². The normalized spacial score (nSPS) is 12.1. The maximum atomic E-state index is 10.7. The molecule has 5 heteroatoms. The number of unbranched alkanes of at least 4 members (excludes halogenated alkanes) is 1. The number of hydrogen-bond donors (Lipinski definition) is 2. The molecular formula is C11H17N3O2. The van der Waals surface area contributed by atoms with Crippen molar-refractivity contribution in [3.8, 4) is 0 Å². The molecule has 0 saturated heterocycles. The predicted molar refractivity (Wildman–Crippen MR) is 61.6 cm³/mol. The molecule has 1 aromatic heterocycles. The largest absolute Gasteiger partial charge is 0.477 e. The highest BCUT2D eigenvalue weighted by Gasteiger charge is 2.08. The van der Waals surface area contributed by atoms with Gasteiger partial charge >= 0.3 is 5.97 Å². The van der Waals surface area contributed by atoms with Gasteiger partial charge in [0.05, 0.1) is 0 Å². The van der Waals surface area contributed by atoms with Gasteiger partial charge < -0.3 is 10.4 Å². The average molecular weight is 223 g/mol. The lowest BCUT2D eigenvalue weighted by Gasteiger charge is -2.12. The van der Waals surface area contributed by atoms with Crippen molar-refractivity contribution in [1.82, 2.24) is 9.97 Å². The van der Waals surface area contributed by atoms with Crippen molar-refractivity contribution in [2.75, 3.05) is 5.32 Å². The number of nitrogens with zero attached hydrogens (tertiary/aromatic N) is 2. The third-order valence-electron chi connectivity index (χ3n) is 2.24. The van der Waals surface area contributed by atoms with Gasteiger partial charge in [-0.05, 0) is 19.4 Å². The van der Waals surface area contributed by atoms with E-state index in [9.17, 15) is 4.79 Å². The summed E-state index contributed by atoms with van der Waals surface area (Å²) in [5.41, 5.74) is 0.0141. The van der Waals surface area contributed by atoms with Crippen molar-refractivity contribution in [1.29, 1.82) is 0 Å². The minimum Gasteiger partial charge on any atom is -0.477 e. The van der Waals surface area contributed by atoms with E-state index in [-0.39, 0.29) is 11.7 Å². The first-order valence-corrected chi connectivity index (χ1v) is 5.46. The van der Waals surface area contributed by atoms with Crippen LogP contribution in [0.15, 0.2) is 12.3 Å². The number of carbonyl (C=O) groups is 1. The Balaban J connectivity index is 2.59. The van der Waals surface area contributed by atoms with Crippen LogP contribution in [0.25, 0.3) is 0 Å². The first kappa shape index (κ1) is 12.4. The van der Waals surface area contributed by atoms with E-state index in [1.165, 1.54) is 12.3 Å². The van der Waals surface area contributed by atoms with Gasteiger partial charge in [0.2, 0.25) is 5.95 Å². The lowest BCUT2D eigenvalue weighted by molar-refractivity contribution is 0.0690. The molecule has 16 heavy (non-hydrogen) atoms. The second-order valence-electron chi connectivity index (χ2n) is 3.76. The number of nitrogens with one attached hydrogen (secondary N) is 1. The van der Waals surface area contributed by atoms with Gasteiger partial charge in [-0.3, -0.25) is 0 Å². The van der Waals surface area contributed by atoms with Crippen molar-refractivity contribution >= 4 is 11.9 Å². The van der Waals surface area contributed by atoms with Crippen molar-refractivity contribution < 1.29 is 9.90 Å². The molecule has 1 atom stereocenters.